The van der Waals surface area contributed by atoms with Crippen LogP contribution in [0.25, 0.3) is 0 Å². The van der Waals surface area contributed by atoms with Crippen molar-refractivity contribution in [2.45, 2.75) is 30.6 Å². The number of rotatable bonds is 7. The molecule has 0 aliphatic carbocycles. The van der Waals surface area contributed by atoms with E-state index < -0.39 is 33.2 Å². The van der Waals surface area contributed by atoms with Gasteiger partial charge in [0, 0.05) is 19.5 Å². The van der Waals surface area contributed by atoms with E-state index in [9.17, 15) is 23.1 Å². The van der Waals surface area contributed by atoms with E-state index in [1.807, 2.05) is 0 Å². The standard InChI is InChI=1S/C10H19N5O5S/c11-10(12)14-3-1-2-7(9(17)18)15-5-6(4-8(15)16)21(13,19)20/h6-7H,1-5H2,(H,17,18)(H4,11,12,14)(H2,13,19,20). The third kappa shape index (κ3) is 4.86. The first-order valence-electron chi connectivity index (χ1n) is 6.22. The molecule has 7 N–H and O–H groups in total. The molecule has 1 aliphatic heterocycles. The fourth-order valence-electron chi connectivity index (χ4n) is 2.12. The molecule has 0 aromatic heterocycles. The number of likely N-dealkylation sites (tertiary alicyclic amines) is 1. The second-order valence-electron chi connectivity index (χ2n) is 4.76. The van der Waals surface area contributed by atoms with Crippen LogP contribution >= 0.6 is 0 Å². The number of nitrogens with two attached hydrogens (primary N) is 3. The van der Waals surface area contributed by atoms with E-state index in [4.69, 9.17) is 16.6 Å². The van der Waals surface area contributed by atoms with Crippen molar-refractivity contribution in [2.24, 2.45) is 21.6 Å². The average molecular weight is 321 g/mol. The normalized spacial score (nSPS) is 20.3. The summed E-state index contributed by atoms with van der Waals surface area (Å²) in [7, 11) is -3.87. The molecule has 11 heteroatoms. The first-order chi connectivity index (χ1) is 9.62. The number of carbonyl (C=O) groups excluding carboxylic acids is 1. The second kappa shape index (κ2) is 6.72. The molecule has 2 atom stereocenters. The van der Waals surface area contributed by atoms with E-state index in [0.717, 1.165) is 4.90 Å². The molecule has 2 unspecified atom stereocenters. The lowest BCUT2D eigenvalue weighted by Crippen LogP contribution is -2.43. The van der Waals surface area contributed by atoms with E-state index in [1.54, 1.807) is 0 Å². The molecule has 1 saturated heterocycles. The van der Waals surface area contributed by atoms with Gasteiger partial charge in [0.15, 0.2) is 5.96 Å². The van der Waals surface area contributed by atoms with Gasteiger partial charge < -0.3 is 21.5 Å². The highest BCUT2D eigenvalue weighted by Gasteiger charge is 2.41. The summed E-state index contributed by atoms with van der Waals surface area (Å²) in [5.74, 6) is -1.85. The monoisotopic (exact) mass is 321 g/mol. The summed E-state index contributed by atoms with van der Waals surface area (Å²) in [6, 6.07) is -1.11. The molecule has 0 saturated carbocycles. The summed E-state index contributed by atoms with van der Waals surface area (Å²) in [5, 5.41) is 13.1. The molecule has 120 valence electrons. The third-order valence-electron chi connectivity index (χ3n) is 3.18. The Kier molecular flexibility index (Phi) is 5.49. The molecular weight excluding hydrogens is 302 g/mol. The van der Waals surface area contributed by atoms with Gasteiger partial charge in [-0.1, -0.05) is 0 Å². The summed E-state index contributed by atoms with van der Waals surface area (Å²) >= 11 is 0. The van der Waals surface area contributed by atoms with Crippen molar-refractivity contribution in [1.29, 1.82) is 0 Å². The van der Waals surface area contributed by atoms with Crippen molar-refractivity contribution in [3.63, 3.8) is 0 Å². The van der Waals surface area contributed by atoms with Crippen LogP contribution in [0.5, 0.6) is 0 Å². The van der Waals surface area contributed by atoms with Crippen LogP contribution in [-0.2, 0) is 19.6 Å². The minimum absolute atomic E-state index is 0.103. The van der Waals surface area contributed by atoms with Crippen molar-refractivity contribution >= 4 is 27.9 Å². The van der Waals surface area contributed by atoms with Crippen LogP contribution < -0.4 is 16.6 Å². The zero-order valence-corrected chi connectivity index (χ0v) is 12.1. The van der Waals surface area contributed by atoms with Gasteiger partial charge in [0.1, 0.15) is 11.3 Å². The van der Waals surface area contributed by atoms with E-state index in [2.05, 4.69) is 4.99 Å². The number of aliphatic carboxylic acids is 1. The first kappa shape index (κ1) is 17.2. The number of primary sulfonamides is 1. The summed E-state index contributed by atoms with van der Waals surface area (Å²) in [5.41, 5.74) is 10.3. The van der Waals surface area contributed by atoms with Gasteiger partial charge in [0.05, 0.1) is 0 Å². The minimum Gasteiger partial charge on any atom is -0.480 e. The quantitative estimate of drug-likeness (QED) is 0.225. The number of carbonyl (C=O) groups is 2. The highest BCUT2D eigenvalue weighted by molar-refractivity contribution is 7.89. The number of hydrogen-bond donors (Lipinski definition) is 4. The van der Waals surface area contributed by atoms with Gasteiger partial charge in [0.25, 0.3) is 0 Å². The van der Waals surface area contributed by atoms with Crippen LogP contribution in [0.4, 0.5) is 0 Å². The number of guanidine groups is 1. The minimum atomic E-state index is -3.87. The van der Waals surface area contributed by atoms with E-state index in [1.165, 1.54) is 0 Å². The number of nitrogens with zero attached hydrogens (tertiary/aromatic N) is 2. The predicted molar refractivity (Wildman–Crippen MR) is 74.6 cm³/mol. The highest BCUT2D eigenvalue weighted by Crippen LogP contribution is 2.21. The Balaban J connectivity index is 2.71. The molecule has 21 heavy (non-hydrogen) atoms. The number of amides is 1. The van der Waals surface area contributed by atoms with Crippen molar-refractivity contribution < 1.29 is 23.1 Å². The van der Waals surface area contributed by atoms with Crippen molar-refractivity contribution in [3.05, 3.63) is 0 Å². The SMILES string of the molecule is NC(N)=NCCCC(C(=O)O)N1CC(S(N)(=O)=O)CC1=O. The van der Waals surface area contributed by atoms with Crippen LogP contribution in [0.1, 0.15) is 19.3 Å². The van der Waals surface area contributed by atoms with E-state index in [0.29, 0.717) is 6.42 Å². The Morgan fingerprint density at radius 1 is 1.48 bits per heavy atom. The molecule has 1 amide bonds. The van der Waals surface area contributed by atoms with Crippen molar-refractivity contribution in [1.82, 2.24) is 4.90 Å². The highest BCUT2D eigenvalue weighted by atomic mass is 32.2. The van der Waals surface area contributed by atoms with Crippen molar-refractivity contribution in [2.75, 3.05) is 13.1 Å². The summed E-state index contributed by atoms with van der Waals surface area (Å²) in [6.45, 7) is 0.0175. The molecule has 1 rings (SSSR count). The number of sulfonamides is 1. The molecular formula is C10H19N5O5S. The maximum Gasteiger partial charge on any atom is 0.326 e. The maximum atomic E-state index is 11.8. The van der Waals surface area contributed by atoms with Gasteiger partial charge in [-0.05, 0) is 12.8 Å². The lowest BCUT2D eigenvalue weighted by Gasteiger charge is -2.24. The lowest BCUT2D eigenvalue weighted by atomic mass is 10.1. The lowest BCUT2D eigenvalue weighted by molar-refractivity contribution is -0.148. The number of carboxylic acid groups (broad SMARTS) is 1. The Hall–Kier alpha value is -1.88. The Morgan fingerprint density at radius 2 is 2.10 bits per heavy atom. The Bertz CT molecular complexity index is 542. The summed E-state index contributed by atoms with van der Waals surface area (Å²) < 4.78 is 22.5. The topological polar surface area (TPSA) is 182 Å². The zero-order chi connectivity index (χ0) is 16.2. The molecule has 0 aromatic carbocycles. The number of hydrogen-bond acceptors (Lipinski definition) is 5. The van der Waals surface area contributed by atoms with Crippen LogP contribution in [0.15, 0.2) is 4.99 Å². The number of carboxylic acids is 1. The van der Waals surface area contributed by atoms with Crippen LogP contribution in [0, 0.1) is 0 Å². The van der Waals surface area contributed by atoms with Gasteiger partial charge in [0.2, 0.25) is 15.9 Å². The van der Waals surface area contributed by atoms with Crippen LogP contribution in [0.2, 0.25) is 0 Å². The maximum absolute atomic E-state index is 11.8. The first-order valence-corrected chi connectivity index (χ1v) is 7.83. The van der Waals surface area contributed by atoms with E-state index >= 15 is 0 Å². The smallest absolute Gasteiger partial charge is 0.326 e. The molecule has 1 fully saturated rings. The average Bonchev–Trinajstić information content (AvgIpc) is 2.70. The summed E-state index contributed by atoms with van der Waals surface area (Å²) in [4.78, 5) is 27.8. The molecule has 1 heterocycles. The molecule has 0 aromatic rings. The van der Waals surface area contributed by atoms with Gasteiger partial charge in [-0.15, -0.1) is 0 Å². The summed E-state index contributed by atoms with van der Waals surface area (Å²) in [6.07, 6.45) is 0.171. The Morgan fingerprint density at radius 3 is 2.52 bits per heavy atom. The fourth-order valence-corrected chi connectivity index (χ4v) is 2.87. The molecule has 0 spiro atoms. The Labute approximate surface area is 122 Å². The fraction of sp³-hybridized carbons (Fsp3) is 0.700. The second-order valence-corrected chi connectivity index (χ2v) is 6.61. The van der Waals surface area contributed by atoms with Gasteiger partial charge in [-0.2, -0.15) is 0 Å². The number of aliphatic imine (C=N–C) groups is 1. The van der Waals surface area contributed by atoms with E-state index in [-0.39, 0.29) is 31.9 Å². The predicted octanol–water partition coefficient (Wildman–Crippen LogP) is -2.62. The molecule has 0 radical (unpaired) electrons. The van der Waals surface area contributed by atoms with Crippen molar-refractivity contribution in [3.8, 4) is 0 Å². The molecule has 0 bridgehead atoms. The molecule has 10 nitrogen and oxygen atoms in total. The van der Waals surface area contributed by atoms with Gasteiger partial charge in [-0.3, -0.25) is 9.79 Å². The largest absolute Gasteiger partial charge is 0.480 e. The van der Waals surface area contributed by atoms with Gasteiger partial charge >= 0.3 is 5.97 Å². The molecule has 1 aliphatic rings. The van der Waals surface area contributed by atoms with Crippen LogP contribution in [-0.4, -0.2) is 60.6 Å². The zero-order valence-electron chi connectivity index (χ0n) is 11.3. The third-order valence-corrected chi connectivity index (χ3v) is 4.42. The van der Waals surface area contributed by atoms with Gasteiger partial charge in [-0.25, -0.2) is 18.4 Å². The van der Waals surface area contributed by atoms with Crippen LogP contribution in [0.3, 0.4) is 0 Å².